The van der Waals surface area contributed by atoms with E-state index in [9.17, 15) is 14.7 Å². The van der Waals surface area contributed by atoms with Crippen molar-refractivity contribution in [3.05, 3.63) is 0 Å². The molecule has 6 heteroatoms. The molecule has 1 aliphatic carbocycles. The van der Waals surface area contributed by atoms with E-state index in [2.05, 4.69) is 10.2 Å². The van der Waals surface area contributed by atoms with Gasteiger partial charge in [-0.15, -0.1) is 0 Å². The minimum atomic E-state index is -0.773. The standard InChI is InChI=1S/C14H23N3O3/c18-12(19)14(4-2-5-14)10-15-13(20)17-8-7-16-6-1-3-11(16)9-17/h11H,1-10H2,(H,15,20)(H,18,19). The number of carbonyl (C=O) groups excluding carboxylic acids is 1. The highest BCUT2D eigenvalue weighted by molar-refractivity contribution is 5.79. The number of hydrogen-bond acceptors (Lipinski definition) is 3. The molecule has 1 atom stereocenters. The second-order valence-corrected chi connectivity index (χ2v) is 6.38. The van der Waals surface area contributed by atoms with Crippen molar-refractivity contribution in [2.24, 2.45) is 5.41 Å². The van der Waals surface area contributed by atoms with Crippen molar-refractivity contribution in [2.45, 2.75) is 38.1 Å². The molecule has 3 fully saturated rings. The third-order valence-electron chi connectivity index (χ3n) is 5.22. The van der Waals surface area contributed by atoms with Crippen molar-refractivity contribution in [3.63, 3.8) is 0 Å². The van der Waals surface area contributed by atoms with Crippen molar-refractivity contribution in [2.75, 3.05) is 32.7 Å². The van der Waals surface area contributed by atoms with E-state index < -0.39 is 11.4 Å². The molecular formula is C14H23N3O3. The second-order valence-electron chi connectivity index (χ2n) is 6.38. The first-order valence-electron chi connectivity index (χ1n) is 7.61. The van der Waals surface area contributed by atoms with Gasteiger partial charge in [0.05, 0.1) is 5.41 Å². The van der Waals surface area contributed by atoms with Crippen LogP contribution in [0.5, 0.6) is 0 Å². The number of carbonyl (C=O) groups is 2. The van der Waals surface area contributed by atoms with E-state index in [1.807, 2.05) is 4.90 Å². The summed E-state index contributed by atoms with van der Waals surface area (Å²) >= 11 is 0. The molecule has 112 valence electrons. The molecule has 0 spiro atoms. The zero-order chi connectivity index (χ0) is 14.2. The SMILES string of the molecule is O=C(NCC1(C(=O)O)CCC1)N1CCN2CCCC2C1. The van der Waals surface area contributed by atoms with Crippen LogP contribution >= 0.6 is 0 Å². The van der Waals surface area contributed by atoms with Crippen LogP contribution in [0.15, 0.2) is 0 Å². The van der Waals surface area contributed by atoms with Gasteiger partial charge in [-0.25, -0.2) is 4.79 Å². The molecule has 2 heterocycles. The Hall–Kier alpha value is -1.30. The molecule has 20 heavy (non-hydrogen) atoms. The van der Waals surface area contributed by atoms with Crippen molar-refractivity contribution in [1.82, 2.24) is 15.1 Å². The number of nitrogens with one attached hydrogen (secondary N) is 1. The minimum Gasteiger partial charge on any atom is -0.481 e. The van der Waals surface area contributed by atoms with Crippen molar-refractivity contribution in [1.29, 1.82) is 0 Å². The molecule has 0 bridgehead atoms. The largest absolute Gasteiger partial charge is 0.481 e. The second kappa shape index (κ2) is 5.24. The number of aliphatic carboxylic acids is 1. The lowest BCUT2D eigenvalue weighted by atomic mass is 9.69. The molecule has 1 unspecified atom stereocenters. The van der Waals surface area contributed by atoms with Crippen molar-refractivity contribution < 1.29 is 14.7 Å². The van der Waals surface area contributed by atoms with Gasteiger partial charge in [0.25, 0.3) is 0 Å². The Bertz CT molecular complexity index is 408. The highest BCUT2D eigenvalue weighted by Gasteiger charge is 2.45. The van der Waals surface area contributed by atoms with E-state index in [0.29, 0.717) is 18.9 Å². The number of carboxylic acids is 1. The predicted molar refractivity (Wildman–Crippen MR) is 73.5 cm³/mol. The fraction of sp³-hybridized carbons (Fsp3) is 0.857. The Balaban J connectivity index is 1.51. The van der Waals surface area contributed by atoms with Gasteiger partial charge in [-0.05, 0) is 32.2 Å². The first-order chi connectivity index (χ1) is 9.61. The molecule has 3 aliphatic rings. The molecule has 0 radical (unpaired) electrons. The Morgan fingerprint density at radius 1 is 1.20 bits per heavy atom. The summed E-state index contributed by atoms with van der Waals surface area (Å²) in [5, 5.41) is 12.1. The lowest BCUT2D eigenvalue weighted by Crippen LogP contribution is -2.56. The molecule has 2 N–H and O–H groups in total. The molecule has 2 aliphatic heterocycles. The number of urea groups is 1. The average molecular weight is 281 g/mol. The lowest BCUT2D eigenvalue weighted by Gasteiger charge is -2.40. The minimum absolute atomic E-state index is 0.0934. The predicted octanol–water partition coefficient (Wildman–Crippen LogP) is 0.731. The number of fused-ring (bicyclic) bond motifs is 1. The van der Waals surface area contributed by atoms with E-state index >= 15 is 0 Å². The maximum absolute atomic E-state index is 12.2. The Kier molecular flexibility index (Phi) is 3.58. The number of nitrogens with zero attached hydrogens (tertiary/aromatic N) is 2. The molecule has 0 aromatic rings. The molecule has 0 aromatic heterocycles. The highest BCUT2D eigenvalue weighted by atomic mass is 16.4. The van der Waals surface area contributed by atoms with E-state index in [1.165, 1.54) is 12.8 Å². The van der Waals surface area contributed by atoms with E-state index in [0.717, 1.165) is 32.6 Å². The van der Waals surface area contributed by atoms with Crippen LogP contribution in [0.25, 0.3) is 0 Å². The summed E-state index contributed by atoms with van der Waals surface area (Å²) in [5.41, 5.74) is -0.704. The Morgan fingerprint density at radius 3 is 2.65 bits per heavy atom. The van der Waals surface area contributed by atoms with Gasteiger partial charge in [0.2, 0.25) is 0 Å². The molecule has 2 saturated heterocycles. The van der Waals surface area contributed by atoms with Gasteiger partial charge in [0.15, 0.2) is 0 Å². The number of hydrogen-bond donors (Lipinski definition) is 2. The van der Waals surface area contributed by atoms with Crippen LogP contribution in [0.1, 0.15) is 32.1 Å². The van der Waals surface area contributed by atoms with Gasteiger partial charge in [0.1, 0.15) is 0 Å². The molecule has 1 saturated carbocycles. The van der Waals surface area contributed by atoms with Crippen molar-refractivity contribution in [3.8, 4) is 0 Å². The van der Waals surface area contributed by atoms with Crippen molar-refractivity contribution >= 4 is 12.0 Å². The smallest absolute Gasteiger partial charge is 0.317 e. The molecule has 2 amide bonds. The summed E-state index contributed by atoms with van der Waals surface area (Å²) in [7, 11) is 0. The van der Waals surface area contributed by atoms with Gasteiger partial charge in [-0.2, -0.15) is 0 Å². The van der Waals surface area contributed by atoms with Crippen LogP contribution in [0, 0.1) is 5.41 Å². The number of rotatable bonds is 3. The van der Waals surface area contributed by atoms with Crippen LogP contribution in [0.3, 0.4) is 0 Å². The van der Waals surface area contributed by atoms with Crippen LogP contribution < -0.4 is 5.32 Å². The molecule has 6 nitrogen and oxygen atoms in total. The molecule has 3 rings (SSSR count). The maximum atomic E-state index is 12.2. The highest BCUT2D eigenvalue weighted by Crippen LogP contribution is 2.40. The number of piperazine rings is 1. The van der Waals surface area contributed by atoms with Gasteiger partial charge in [0, 0.05) is 32.2 Å². The molecule has 0 aromatic carbocycles. The number of carboxylic acid groups (broad SMARTS) is 1. The van der Waals surface area contributed by atoms with Gasteiger partial charge >= 0.3 is 12.0 Å². The maximum Gasteiger partial charge on any atom is 0.317 e. The number of amides is 2. The fourth-order valence-electron chi connectivity index (χ4n) is 3.60. The summed E-state index contributed by atoms with van der Waals surface area (Å²) in [6.45, 7) is 3.91. The third-order valence-corrected chi connectivity index (χ3v) is 5.22. The Labute approximate surface area is 119 Å². The topological polar surface area (TPSA) is 72.9 Å². The monoisotopic (exact) mass is 281 g/mol. The summed E-state index contributed by atoms with van der Waals surface area (Å²) in [4.78, 5) is 27.8. The van der Waals surface area contributed by atoms with E-state index in [4.69, 9.17) is 0 Å². The van der Waals surface area contributed by atoms with Gasteiger partial charge in [-0.1, -0.05) is 6.42 Å². The van der Waals surface area contributed by atoms with E-state index in [1.54, 1.807) is 0 Å². The Morgan fingerprint density at radius 2 is 2.00 bits per heavy atom. The third kappa shape index (κ3) is 2.37. The summed E-state index contributed by atoms with van der Waals surface area (Å²) < 4.78 is 0. The van der Waals surface area contributed by atoms with Crippen LogP contribution in [-0.2, 0) is 4.79 Å². The fourth-order valence-corrected chi connectivity index (χ4v) is 3.60. The van der Waals surface area contributed by atoms with Gasteiger partial charge < -0.3 is 15.3 Å². The van der Waals surface area contributed by atoms with Gasteiger partial charge in [-0.3, -0.25) is 9.69 Å². The first kappa shape index (κ1) is 13.7. The molecular weight excluding hydrogens is 258 g/mol. The summed E-state index contributed by atoms with van der Waals surface area (Å²) in [6, 6.07) is 0.413. The summed E-state index contributed by atoms with van der Waals surface area (Å²) in [5.74, 6) is -0.773. The van der Waals surface area contributed by atoms with E-state index in [-0.39, 0.29) is 12.6 Å². The zero-order valence-corrected chi connectivity index (χ0v) is 11.8. The average Bonchev–Trinajstić information content (AvgIpc) is 2.83. The normalized spacial score (nSPS) is 28.6. The first-order valence-corrected chi connectivity index (χ1v) is 7.61. The quantitative estimate of drug-likeness (QED) is 0.800. The zero-order valence-electron chi connectivity index (χ0n) is 11.8. The van der Waals surface area contributed by atoms with Crippen LogP contribution in [0.2, 0.25) is 0 Å². The van der Waals surface area contributed by atoms with Crippen LogP contribution in [0.4, 0.5) is 4.79 Å². The lowest BCUT2D eigenvalue weighted by molar-refractivity contribution is -0.153. The summed E-state index contributed by atoms with van der Waals surface area (Å²) in [6.07, 6.45) is 4.70. The van der Waals surface area contributed by atoms with Crippen LogP contribution in [-0.4, -0.2) is 65.7 Å².